The second-order valence-corrected chi connectivity index (χ2v) is 8.72. The third kappa shape index (κ3) is 4.92. The third-order valence-corrected chi connectivity index (χ3v) is 6.41. The van der Waals surface area contributed by atoms with Crippen LogP contribution in [-0.4, -0.2) is 17.1 Å². The highest BCUT2D eigenvalue weighted by molar-refractivity contribution is 8.00. The number of nitrogens with one attached hydrogen (secondary N) is 2. The first-order valence-electron chi connectivity index (χ1n) is 9.66. The summed E-state index contributed by atoms with van der Waals surface area (Å²) in [4.78, 5) is 25.7. The van der Waals surface area contributed by atoms with E-state index in [0.717, 1.165) is 23.8 Å². The predicted molar refractivity (Wildman–Crippen MR) is 110 cm³/mol. The van der Waals surface area contributed by atoms with E-state index in [1.165, 1.54) is 30.6 Å². The van der Waals surface area contributed by atoms with Crippen LogP contribution in [0.5, 0.6) is 0 Å². The van der Waals surface area contributed by atoms with Crippen molar-refractivity contribution < 1.29 is 9.59 Å². The van der Waals surface area contributed by atoms with Gasteiger partial charge in [-0.05, 0) is 68.1 Å². The van der Waals surface area contributed by atoms with E-state index in [1.807, 2.05) is 30.0 Å². The van der Waals surface area contributed by atoms with E-state index in [4.69, 9.17) is 0 Å². The van der Waals surface area contributed by atoms with E-state index in [2.05, 4.69) is 22.8 Å². The Kier molecular flexibility index (Phi) is 5.48. The zero-order valence-corrected chi connectivity index (χ0v) is 16.1. The maximum atomic E-state index is 12.5. The van der Waals surface area contributed by atoms with E-state index >= 15 is 0 Å². The Labute approximate surface area is 164 Å². The van der Waals surface area contributed by atoms with Crippen molar-refractivity contribution in [3.8, 4) is 0 Å². The largest absolute Gasteiger partial charge is 0.326 e. The van der Waals surface area contributed by atoms with Crippen molar-refractivity contribution in [3.05, 3.63) is 54.1 Å². The molecule has 5 heteroatoms. The molecule has 2 saturated carbocycles. The predicted octanol–water partition coefficient (Wildman–Crippen LogP) is 5.32. The van der Waals surface area contributed by atoms with Crippen LogP contribution in [0.1, 0.15) is 48.9 Å². The van der Waals surface area contributed by atoms with Crippen molar-refractivity contribution in [2.45, 2.75) is 48.7 Å². The number of carbonyl (C=O) groups excluding carboxylic acids is 2. The SMILES string of the molecule is O=C(Nc1ccc(SC2CCCC2)cc1)c1cccc(NC(=O)C2CC2)c1. The lowest BCUT2D eigenvalue weighted by atomic mass is 10.1. The van der Waals surface area contributed by atoms with Crippen LogP contribution in [0.3, 0.4) is 0 Å². The fourth-order valence-electron chi connectivity index (χ4n) is 3.35. The van der Waals surface area contributed by atoms with Gasteiger partial charge < -0.3 is 10.6 Å². The molecule has 140 valence electrons. The summed E-state index contributed by atoms with van der Waals surface area (Å²) in [5.41, 5.74) is 1.99. The molecule has 0 aliphatic heterocycles. The summed E-state index contributed by atoms with van der Waals surface area (Å²) in [6.45, 7) is 0. The summed E-state index contributed by atoms with van der Waals surface area (Å²) in [6.07, 6.45) is 7.20. The average Bonchev–Trinajstić information content (AvgIpc) is 3.41. The fraction of sp³-hybridized carbons (Fsp3) is 0.364. The Morgan fingerprint density at radius 3 is 2.30 bits per heavy atom. The van der Waals surface area contributed by atoms with Crippen molar-refractivity contribution in [1.29, 1.82) is 0 Å². The number of amides is 2. The van der Waals surface area contributed by atoms with Crippen LogP contribution < -0.4 is 10.6 Å². The Morgan fingerprint density at radius 2 is 1.59 bits per heavy atom. The van der Waals surface area contributed by atoms with Crippen molar-refractivity contribution in [3.63, 3.8) is 0 Å². The highest BCUT2D eigenvalue weighted by atomic mass is 32.2. The molecule has 0 saturated heterocycles. The van der Waals surface area contributed by atoms with Crippen molar-refractivity contribution in [2.75, 3.05) is 10.6 Å². The van der Waals surface area contributed by atoms with Gasteiger partial charge in [-0.1, -0.05) is 18.9 Å². The topological polar surface area (TPSA) is 58.2 Å². The van der Waals surface area contributed by atoms with Crippen LogP contribution in [0, 0.1) is 5.92 Å². The summed E-state index contributed by atoms with van der Waals surface area (Å²) < 4.78 is 0. The molecule has 0 unspecified atom stereocenters. The van der Waals surface area contributed by atoms with E-state index in [-0.39, 0.29) is 17.7 Å². The number of thioether (sulfide) groups is 1. The van der Waals surface area contributed by atoms with Crippen LogP contribution in [0.15, 0.2) is 53.4 Å². The number of benzene rings is 2. The lowest BCUT2D eigenvalue weighted by Crippen LogP contribution is -2.15. The lowest BCUT2D eigenvalue weighted by Gasteiger charge is -2.10. The van der Waals surface area contributed by atoms with Gasteiger partial charge in [0.05, 0.1) is 0 Å². The molecule has 0 heterocycles. The Bertz CT molecular complexity index is 824. The van der Waals surface area contributed by atoms with E-state index in [9.17, 15) is 9.59 Å². The maximum absolute atomic E-state index is 12.5. The molecule has 2 fully saturated rings. The summed E-state index contributed by atoms with van der Waals surface area (Å²) in [5, 5.41) is 6.55. The molecular weight excluding hydrogens is 356 g/mol. The van der Waals surface area contributed by atoms with Gasteiger partial charge in [-0.3, -0.25) is 9.59 Å². The van der Waals surface area contributed by atoms with Crippen molar-refractivity contribution in [2.24, 2.45) is 5.92 Å². The standard InChI is InChI=1S/C22H24N2O2S/c25-21(15-8-9-15)24-18-5-3-4-16(14-18)22(26)23-17-10-12-20(13-11-17)27-19-6-1-2-7-19/h3-5,10-15,19H,1-2,6-9H2,(H,23,26)(H,24,25). The zero-order chi connectivity index (χ0) is 18.6. The number of hydrogen-bond donors (Lipinski definition) is 2. The summed E-state index contributed by atoms with van der Waals surface area (Å²) >= 11 is 1.94. The third-order valence-electron chi connectivity index (χ3n) is 5.06. The molecule has 2 aromatic carbocycles. The van der Waals surface area contributed by atoms with E-state index < -0.39 is 0 Å². The monoisotopic (exact) mass is 380 g/mol. The Balaban J connectivity index is 1.36. The van der Waals surface area contributed by atoms with Gasteiger partial charge in [-0.2, -0.15) is 0 Å². The molecule has 2 aromatic rings. The summed E-state index contributed by atoms with van der Waals surface area (Å²) in [5.74, 6) is 0.0136. The van der Waals surface area contributed by atoms with Gasteiger partial charge in [0.2, 0.25) is 5.91 Å². The number of hydrogen-bond acceptors (Lipinski definition) is 3. The van der Waals surface area contributed by atoms with Crippen molar-refractivity contribution >= 4 is 35.0 Å². The highest BCUT2D eigenvalue weighted by Crippen LogP contribution is 2.35. The molecule has 2 aliphatic rings. The van der Waals surface area contributed by atoms with Crippen LogP contribution in [0.25, 0.3) is 0 Å². The van der Waals surface area contributed by atoms with Crippen LogP contribution >= 0.6 is 11.8 Å². The summed E-state index contributed by atoms with van der Waals surface area (Å²) in [6, 6.07) is 15.1. The fourth-order valence-corrected chi connectivity index (χ4v) is 4.59. The van der Waals surface area contributed by atoms with Gasteiger partial charge >= 0.3 is 0 Å². The number of anilines is 2. The molecule has 0 bridgehead atoms. The van der Waals surface area contributed by atoms with Crippen LogP contribution in [-0.2, 0) is 4.79 Å². The van der Waals surface area contributed by atoms with Gasteiger partial charge in [0, 0.05) is 33.0 Å². The van der Waals surface area contributed by atoms with Gasteiger partial charge in [-0.25, -0.2) is 0 Å². The molecule has 4 rings (SSSR count). The van der Waals surface area contributed by atoms with Crippen LogP contribution in [0.2, 0.25) is 0 Å². The van der Waals surface area contributed by atoms with Gasteiger partial charge in [0.15, 0.2) is 0 Å². The first kappa shape index (κ1) is 18.1. The van der Waals surface area contributed by atoms with Gasteiger partial charge in [0.25, 0.3) is 5.91 Å². The molecule has 4 nitrogen and oxygen atoms in total. The minimum absolute atomic E-state index is 0.0444. The minimum Gasteiger partial charge on any atom is -0.326 e. The molecule has 0 radical (unpaired) electrons. The first-order chi connectivity index (χ1) is 13.2. The Hall–Kier alpha value is -2.27. The summed E-state index contributed by atoms with van der Waals surface area (Å²) in [7, 11) is 0. The zero-order valence-electron chi connectivity index (χ0n) is 15.2. The molecular formula is C22H24N2O2S. The normalized spacial score (nSPS) is 16.9. The second-order valence-electron chi connectivity index (χ2n) is 7.35. The quantitative estimate of drug-likeness (QED) is 0.713. The maximum Gasteiger partial charge on any atom is 0.255 e. The average molecular weight is 381 g/mol. The van der Waals surface area contributed by atoms with Gasteiger partial charge in [0.1, 0.15) is 0 Å². The van der Waals surface area contributed by atoms with Crippen LogP contribution in [0.4, 0.5) is 11.4 Å². The minimum atomic E-state index is -0.172. The molecule has 2 amide bonds. The number of rotatable bonds is 6. The lowest BCUT2D eigenvalue weighted by molar-refractivity contribution is -0.117. The molecule has 0 spiro atoms. The van der Waals surface area contributed by atoms with E-state index in [0.29, 0.717) is 11.3 Å². The number of carbonyl (C=O) groups is 2. The molecule has 27 heavy (non-hydrogen) atoms. The molecule has 2 N–H and O–H groups in total. The molecule has 2 aliphatic carbocycles. The molecule has 0 aromatic heterocycles. The van der Waals surface area contributed by atoms with Crippen molar-refractivity contribution in [1.82, 2.24) is 0 Å². The smallest absolute Gasteiger partial charge is 0.255 e. The highest BCUT2D eigenvalue weighted by Gasteiger charge is 2.29. The second kappa shape index (κ2) is 8.17. The molecule has 0 atom stereocenters. The van der Waals surface area contributed by atoms with E-state index in [1.54, 1.807) is 18.2 Å². The van der Waals surface area contributed by atoms with Gasteiger partial charge in [-0.15, -0.1) is 11.8 Å². The Morgan fingerprint density at radius 1 is 0.852 bits per heavy atom. The first-order valence-corrected chi connectivity index (χ1v) is 10.5.